The highest BCUT2D eigenvalue weighted by Crippen LogP contribution is 2.39. The van der Waals surface area contributed by atoms with E-state index in [1.165, 1.54) is 0 Å². The third kappa shape index (κ3) is 4.41. The molecule has 1 saturated carbocycles. The fourth-order valence-electron chi connectivity index (χ4n) is 3.08. The number of nitrogens with one attached hydrogen (secondary N) is 1. The van der Waals surface area contributed by atoms with Crippen molar-refractivity contribution in [3.63, 3.8) is 0 Å². The Balaban J connectivity index is 2.13. The molecule has 1 aromatic carbocycles. The number of anilines is 1. The van der Waals surface area contributed by atoms with Gasteiger partial charge < -0.3 is 20.5 Å². The fraction of sp³-hybridized carbons (Fsp3) is 0.632. The van der Waals surface area contributed by atoms with Crippen LogP contribution in [0, 0.1) is 5.41 Å². The van der Waals surface area contributed by atoms with Gasteiger partial charge in [0.05, 0.1) is 18.6 Å². The summed E-state index contributed by atoms with van der Waals surface area (Å²) in [4.78, 5) is 12.7. The minimum atomic E-state index is -0.415. The van der Waals surface area contributed by atoms with Gasteiger partial charge in [-0.3, -0.25) is 4.79 Å². The lowest BCUT2D eigenvalue weighted by atomic mass is 9.85. The van der Waals surface area contributed by atoms with Gasteiger partial charge in [0.2, 0.25) is 5.91 Å². The number of nitrogens with two attached hydrogens (primary N) is 1. The first-order chi connectivity index (χ1) is 11.6. The van der Waals surface area contributed by atoms with Crippen LogP contribution >= 0.6 is 0 Å². The first-order valence-electron chi connectivity index (χ1n) is 9.06. The Morgan fingerprint density at radius 3 is 2.33 bits per heavy atom. The molecular weight excluding hydrogens is 304 g/mol. The molecule has 3 N–H and O–H groups in total. The summed E-state index contributed by atoms with van der Waals surface area (Å²) in [5, 5.41) is 3.02. The van der Waals surface area contributed by atoms with E-state index in [0.717, 1.165) is 50.0 Å². The van der Waals surface area contributed by atoms with E-state index < -0.39 is 5.41 Å². The number of carbonyl (C=O) groups is 1. The SMILES string of the molecule is CCCOc1ccc(NC(=O)C2(CN)CCCC2)cc1OCCC. The Morgan fingerprint density at radius 1 is 1.12 bits per heavy atom. The summed E-state index contributed by atoms with van der Waals surface area (Å²) in [6, 6.07) is 5.57. The van der Waals surface area contributed by atoms with Crippen LogP contribution in [0.4, 0.5) is 5.69 Å². The van der Waals surface area contributed by atoms with Crippen molar-refractivity contribution in [2.75, 3.05) is 25.1 Å². The second kappa shape index (κ2) is 8.92. The van der Waals surface area contributed by atoms with Crippen molar-refractivity contribution < 1.29 is 14.3 Å². The Kier molecular flexibility index (Phi) is 6.91. The molecule has 24 heavy (non-hydrogen) atoms. The summed E-state index contributed by atoms with van der Waals surface area (Å²) in [5.74, 6) is 1.42. The van der Waals surface area contributed by atoms with Crippen molar-refractivity contribution >= 4 is 11.6 Å². The molecule has 1 fully saturated rings. The predicted molar refractivity (Wildman–Crippen MR) is 96.6 cm³/mol. The van der Waals surface area contributed by atoms with Crippen molar-refractivity contribution in [3.05, 3.63) is 18.2 Å². The van der Waals surface area contributed by atoms with Crippen LogP contribution in [0.2, 0.25) is 0 Å². The van der Waals surface area contributed by atoms with Crippen LogP contribution in [0.25, 0.3) is 0 Å². The standard InChI is InChI=1S/C19H30N2O3/c1-3-11-23-16-8-7-15(13-17(16)24-12-4-2)21-18(22)19(14-20)9-5-6-10-19/h7-8,13H,3-6,9-12,14,20H2,1-2H3,(H,21,22). The molecule has 1 aromatic rings. The van der Waals surface area contributed by atoms with Crippen LogP contribution in [-0.2, 0) is 4.79 Å². The normalized spacial score (nSPS) is 16.0. The van der Waals surface area contributed by atoms with E-state index in [1.807, 2.05) is 18.2 Å². The lowest BCUT2D eigenvalue weighted by molar-refractivity contribution is -0.124. The van der Waals surface area contributed by atoms with Gasteiger partial charge in [0.15, 0.2) is 11.5 Å². The molecule has 0 aliphatic heterocycles. The van der Waals surface area contributed by atoms with Gasteiger partial charge in [0.1, 0.15) is 0 Å². The highest BCUT2D eigenvalue weighted by molar-refractivity contribution is 5.96. The quantitative estimate of drug-likeness (QED) is 0.722. The first-order valence-corrected chi connectivity index (χ1v) is 9.06. The average Bonchev–Trinajstić information content (AvgIpc) is 3.09. The minimum Gasteiger partial charge on any atom is -0.490 e. The Morgan fingerprint density at radius 2 is 1.75 bits per heavy atom. The summed E-state index contributed by atoms with van der Waals surface area (Å²) < 4.78 is 11.5. The number of rotatable bonds is 9. The minimum absolute atomic E-state index is 0.0196. The summed E-state index contributed by atoms with van der Waals surface area (Å²) in [6.45, 7) is 5.78. The van der Waals surface area contributed by atoms with Crippen LogP contribution in [0.3, 0.4) is 0 Å². The molecule has 0 saturated heterocycles. The summed E-state index contributed by atoms with van der Waals surface area (Å²) >= 11 is 0. The summed E-state index contributed by atoms with van der Waals surface area (Å²) in [5.41, 5.74) is 6.21. The van der Waals surface area contributed by atoms with Crippen molar-refractivity contribution in [3.8, 4) is 11.5 Å². The van der Waals surface area contributed by atoms with Gasteiger partial charge in [-0.05, 0) is 37.8 Å². The maximum atomic E-state index is 12.7. The van der Waals surface area contributed by atoms with Gasteiger partial charge >= 0.3 is 0 Å². The summed E-state index contributed by atoms with van der Waals surface area (Å²) in [6.07, 6.45) is 5.72. The molecule has 0 heterocycles. The number of hydrogen-bond acceptors (Lipinski definition) is 4. The van der Waals surface area contributed by atoms with Gasteiger partial charge in [-0.1, -0.05) is 26.7 Å². The molecule has 2 rings (SSSR count). The monoisotopic (exact) mass is 334 g/mol. The molecule has 0 radical (unpaired) electrons. The van der Waals surface area contributed by atoms with Gasteiger partial charge in [0, 0.05) is 18.3 Å². The number of benzene rings is 1. The van der Waals surface area contributed by atoms with Crippen LogP contribution < -0.4 is 20.5 Å². The smallest absolute Gasteiger partial charge is 0.231 e. The predicted octanol–water partition coefficient (Wildman–Crippen LogP) is 3.72. The molecule has 0 spiro atoms. The Hall–Kier alpha value is -1.75. The maximum absolute atomic E-state index is 12.7. The molecule has 134 valence electrons. The molecule has 5 nitrogen and oxygen atoms in total. The second-order valence-corrected chi connectivity index (χ2v) is 6.50. The zero-order chi connectivity index (χ0) is 17.4. The van der Waals surface area contributed by atoms with E-state index in [4.69, 9.17) is 15.2 Å². The maximum Gasteiger partial charge on any atom is 0.231 e. The van der Waals surface area contributed by atoms with E-state index in [2.05, 4.69) is 19.2 Å². The van der Waals surface area contributed by atoms with E-state index >= 15 is 0 Å². The van der Waals surface area contributed by atoms with E-state index in [-0.39, 0.29) is 5.91 Å². The molecule has 5 heteroatoms. The second-order valence-electron chi connectivity index (χ2n) is 6.50. The molecule has 1 aliphatic rings. The Bertz CT molecular complexity index is 539. The van der Waals surface area contributed by atoms with Gasteiger partial charge in [-0.15, -0.1) is 0 Å². The van der Waals surface area contributed by atoms with Crippen LogP contribution in [-0.4, -0.2) is 25.7 Å². The average molecular weight is 334 g/mol. The van der Waals surface area contributed by atoms with Crippen molar-refractivity contribution in [2.24, 2.45) is 11.1 Å². The third-order valence-electron chi connectivity index (χ3n) is 4.56. The largest absolute Gasteiger partial charge is 0.490 e. The van der Waals surface area contributed by atoms with Crippen molar-refractivity contribution in [1.29, 1.82) is 0 Å². The fourth-order valence-corrected chi connectivity index (χ4v) is 3.08. The highest BCUT2D eigenvalue weighted by Gasteiger charge is 2.39. The van der Waals surface area contributed by atoms with Gasteiger partial charge in [-0.2, -0.15) is 0 Å². The molecule has 0 bridgehead atoms. The lowest BCUT2D eigenvalue weighted by Crippen LogP contribution is -2.40. The number of hydrogen-bond donors (Lipinski definition) is 2. The van der Waals surface area contributed by atoms with E-state index in [1.54, 1.807) is 0 Å². The topological polar surface area (TPSA) is 73.6 Å². The van der Waals surface area contributed by atoms with E-state index in [9.17, 15) is 4.79 Å². The molecule has 1 amide bonds. The van der Waals surface area contributed by atoms with Crippen molar-refractivity contribution in [2.45, 2.75) is 52.4 Å². The Labute approximate surface area is 144 Å². The number of ether oxygens (including phenoxy) is 2. The zero-order valence-corrected chi connectivity index (χ0v) is 14.9. The first kappa shape index (κ1) is 18.6. The van der Waals surface area contributed by atoms with Gasteiger partial charge in [0.25, 0.3) is 0 Å². The number of carbonyl (C=O) groups excluding carboxylic acids is 1. The zero-order valence-electron chi connectivity index (χ0n) is 14.9. The lowest BCUT2D eigenvalue weighted by Gasteiger charge is -2.26. The highest BCUT2D eigenvalue weighted by atomic mass is 16.5. The third-order valence-corrected chi connectivity index (χ3v) is 4.56. The molecular formula is C19H30N2O3. The molecule has 1 aliphatic carbocycles. The number of amides is 1. The molecule has 0 atom stereocenters. The summed E-state index contributed by atoms with van der Waals surface area (Å²) in [7, 11) is 0. The molecule has 0 unspecified atom stereocenters. The van der Waals surface area contributed by atoms with Gasteiger partial charge in [-0.25, -0.2) is 0 Å². The van der Waals surface area contributed by atoms with Crippen LogP contribution in [0.5, 0.6) is 11.5 Å². The van der Waals surface area contributed by atoms with Crippen molar-refractivity contribution in [1.82, 2.24) is 0 Å². The van der Waals surface area contributed by atoms with Crippen LogP contribution in [0.1, 0.15) is 52.4 Å². The van der Waals surface area contributed by atoms with E-state index in [0.29, 0.717) is 25.5 Å². The molecule has 0 aromatic heterocycles. The van der Waals surface area contributed by atoms with Crippen LogP contribution in [0.15, 0.2) is 18.2 Å².